The molecule has 0 fully saturated rings. The van der Waals surface area contributed by atoms with E-state index in [-0.39, 0.29) is 87.5 Å². The summed E-state index contributed by atoms with van der Waals surface area (Å²) in [6.45, 7) is 0.660. The van der Waals surface area contributed by atoms with E-state index >= 15 is 0 Å². The molecule has 562 valence electrons. The van der Waals surface area contributed by atoms with Gasteiger partial charge in [-0.25, -0.2) is 33.8 Å². The van der Waals surface area contributed by atoms with Gasteiger partial charge in [-0.05, 0) is 61.4 Å². The summed E-state index contributed by atoms with van der Waals surface area (Å²) in [6, 6.07) is 16.0. The van der Waals surface area contributed by atoms with Gasteiger partial charge in [-0.3, -0.25) is 43.2 Å². The molecule has 34 nitrogen and oxygen atoms in total. The van der Waals surface area contributed by atoms with Crippen LogP contribution >= 0.6 is 21.6 Å². The van der Waals surface area contributed by atoms with E-state index in [2.05, 4.69) is 37.2 Å². The topological polar surface area (TPSA) is 525 Å². The number of amides is 8. The van der Waals surface area contributed by atoms with Crippen molar-refractivity contribution in [1.29, 1.82) is 0 Å². The van der Waals surface area contributed by atoms with Crippen LogP contribution in [0.15, 0.2) is 102 Å². The van der Waals surface area contributed by atoms with Crippen molar-refractivity contribution in [3.63, 3.8) is 0 Å². The third-order valence-electron chi connectivity index (χ3n) is 16.8. The second-order valence-electron chi connectivity index (χ2n) is 24.4. The fraction of sp³-hybridized carbons (Fsp3) is 0.420. The Morgan fingerprint density at radius 1 is 0.619 bits per heavy atom. The molecule has 5 aromatic rings. The van der Waals surface area contributed by atoms with Gasteiger partial charge in [0.25, 0.3) is 5.56 Å². The van der Waals surface area contributed by atoms with Gasteiger partial charge in [0.2, 0.25) is 41.0 Å². The molecule has 7 rings (SSSR count). The zero-order valence-electron chi connectivity index (χ0n) is 56.8. The maximum Gasteiger partial charge on any atom is 0.509 e. The smallest absolute Gasteiger partial charge is 0.481 e. The number of nitrogens with zero attached hydrogens (tertiary/aromatic N) is 2. The van der Waals surface area contributed by atoms with Crippen LogP contribution in [0.3, 0.4) is 0 Å². The van der Waals surface area contributed by atoms with E-state index in [0.29, 0.717) is 53.7 Å². The van der Waals surface area contributed by atoms with Crippen LogP contribution in [0.5, 0.6) is 0 Å². The number of carbonyl (C=O) groups excluding carboxylic acids is 9. The van der Waals surface area contributed by atoms with Gasteiger partial charge >= 0.3 is 48.0 Å². The number of unbranched alkanes of at least 4 members (excludes halogenated alkanes) is 3. The van der Waals surface area contributed by atoms with Gasteiger partial charge in [-0.2, -0.15) is 0 Å². The number of carbonyl (C=O) groups is 14. The van der Waals surface area contributed by atoms with Crippen molar-refractivity contribution < 1.29 is 107 Å². The van der Waals surface area contributed by atoms with Crippen LogP contribution in [0.25, 0.3) is 22.3 Å². The first-order valence-electron chi connectivity index (χ1n) is 33.4. The van der Waals surface area contributed by atoms with Gasteiger partial charge in [0.1, 0.15) is 55.5 Å². The molecule has 2 aliphatic heterocycles. The molecular formula is C69H81N11O23S2. The number of carboxylic acids is 5. The first-order chi connectivity index (χ1) is 50.2. The number of pyridine rings is 2. The van der Waals surface area contributed by atoms with E-state index in [1.54, 1.807) is 73.7 Å². The molecule has 2 aromatic heterocycles. The molecule has 8 amide bonds. The Bertz CT molecular complexity index is 4090. The number of benzene rings is 3. The minimum absolute atomic E-state index is 0.00826. The molecule has 15 N–H and O–H groups in total. The summed E-state index contributed by atoms with van der Waals surface area (Å²) in [5.41, 5.74) is 7.59. The molecule has 8 atom stereocenters. The summed E-state index contributed by atoms with van der Waals surface area (Å²) >= 11 is 0. The summed E-state index contributed by atoms with van der Waals surface area (Å²) < 4.78 is 17.9. The van der Waals surface area contributed by atoms with E-state index < -0.39 is 163 Å². The number of ether oxygens (including phenoxy) is 3. The summed E-state index contributed by atoms with van der Waals surface area (Å²) in [5, 5.41) is 67.4. The first kappa shape index (κ1) is 81.2. The molecule has 0 spiro atoms. The first-order valence-corrected chi connectivity index (χ1v) is 35.9. The van der Waals surface area contributed by atoms with Crippen molar-refractivity contribution in [2.45, 2.75) is 151 Å². The molecule has 4 heterocycles. The number of aromatic nitrogens is 2. The van der Waals surface area contributed by atoms with Crippen LogP contribution < -0.4 is 53.8 Å². The van der Waals surface area contributed by atoms with Crippen molar-refractivity contribution >= 4 is 116 Å². The lowest BCUT2D eigenvalue weighted by molar-refractivity contribution is -0.175. The quantitative estimate of drug-likeness (QED) is 0.0148. The van der Waals surface area contributed by atoms with Crippen LogP contribution in [-0.4, -0.2) is 192 Å². The van der Waals surface area contributed by atoms with E-state index in [1.807, 2.05) is 35.6 Å². The highest BCUT2D eigenvalue weighted by Crippen LogP contribution is 2.41. The van der Waals surface area contributed by atoms with Gasteiger partial charge in [0.05, 0.1) is 35.4 Å². The Morgan fingerprint density at radius 3 is 1.84 bits per heavy atom. The predicted octanol–water partition coefficient (Wildman–Crippen LogP) is 1.97. The molecule has 0 bridgehead atoms. The number of carboxylic acid groups (broad SMARTS) is 5. The van der Waals surface area contributed by atoms with Crippen LogP contribution in [0, 0.1) is 0 Å². The van der Waals surface area contributed by atoms with E-state index in [1.165, 1.54) is 4.57 Å². The zero-order chi connectivity index (χ0) is 76.3. The fourth-order valence-electron chi connectivity index (χ4n) is 11.3. The number of urea groups is 1. The molecule has 105 heavy (non-hydrogen) atoms. The highest BCUT2D eigenvalue weighted by molar-refractivity contribution is 8.76. The van der Waals surface area contributed by atoms with Crippen LogP contribution in [0.1, 0.15) is 105 Å². The normalized spacial score (nSPS) is 15.3. The highest BCUT2D eigenvalue weighted by Gasteiger charge is 2.51. The van der Waals surface area contributed by atoms with E-state index in [0.717, 1.165) is 32.5 Å². The van der Waals surface area contributed by atoms with Crippen molar-refractivity contribution in [3.05, 3.63) is 135 Å². The predicted molar refractivity (Wildman–Crippen MR) is 375 cm³/mol. The van der Waals surface area contributed by atoms with Gasteiger partial charge in [-0.15, -0.1) is 0 Å². The third-order valence-corrected chi connectivity index (χ3v) is 19.2. The number of nitrogens with two attached hydrogens (primary N) is 1. The van der Waals surface area contributed by atoms with Crippen molar-refractivity contribution in [1.82, 2.24) is 52.1 Å². The minimum atomic E-state index is -2.06. The van der Waals surface area contributed by atoms with Crippen LogP contribution in [0.2, 0.25) is 0 Å². The van der Waals surface area contributed by atoms with E-state index in [4.69, 9.17) is 30.0 Å². The Labute approximate surface area is 607 Å². The lowest BCUT2D eigenvalue weighted by Gasteiger charge is -2.35. The zero-order valence-corrected chi connectivity index (χ0v) is 58.4. The molecule has 0 aliphatic carbocycles. The fourth-order valence-corrected chi connectivity index (χ4v) is 13.3. The monoisotopic (exact) mass is 1500 g/mol. The van der Waals surface area contributed by atoms with Gasteiger partial charge < -0.3 is 92.6 Å². The number of cyclic esters (lactones) is 1. The maximum atomic E-state index is 14.2. The Kier molecular flexibility index (Phi) is 30.5. The number of rotatable bonds is 42. The van der Waals surface area contributed by atoms with E-state index in [9.17, 15) is 92.3 Å². The number of para-hydroxylation sites is 1. The summed E-state index contributed by atoms with van der Waals surface area (Å²) in [5.74, 6) is -13.7. The number of hydrogen-bond acceptors (Lipinski definition) is 22. The Morgan fingerprint density at radius 2 is 1.21 bits per heavy atom. The Hall–Kier alpha value is -11.1. The minimum Gasteiger partial charge on any atom is -0.481 e. The SMILES string of the molecule is CC[C@]1(OC(=O)OCCSSC[C@H](NC(=O)[C@H](CC(=O)O)NC(=O)[C@@H](N)CNC(=O)[C@H](Cc2ccccc2)NC(=O)[C@H](Cc2ccccc2)NC(=O)CCCCCCNC(=O)CC[C@H](NC(=O)N[C@@H](CCC(=O)O)C(=O)O)C(=O)O)C(=O)O)C(=O)OCc2c1cc1n(c2=O)Cc2cc3ccccc3nc2-1. The van der Waals surface area contributed by atoms with Gasteiger partial charge in [0, 0.05) is 73.2 Å². The van der Waals surface area contributed by atoms with Crippen molar-refractivity contribution in [2.75, 3.05) is 31.2 Å². The molecule has 0 unspecified atom stereocenters. The largest absolute Gasteiger partial charge is 0.509 e. The van der Waals surface area contributed by atoms with Crippen LogP contribution in [-0.2, 0) is 103 Å². The number of aliphatic carboxylic acids is 5. The second-order valence-corrected chi connectivity index (χ2v) is 27.0. The van der Waals surface area contributed by atoms with Gasteiger partial charge in [-0.1, -0.05) is 120 Å². The molecule has 0 saturated carbocycles. The highest BCUT2D eigenvalue weighted by atomic mass is 33.1. The molecular weight excluding hydrogens is 1410 g/mol. The molecule has 0 radical (unpaired) electrons. The molecule has 0 saturated heterocycles. The third kappa shape index (κ3) is 24.0. The Balaban J connectivity index is 0.854. The lowest BCUT2D eigenvalue weighted by atomic mass is 9.85. The average Bonchev–Trinajstić information content (AvgIpc) is 1.67. The second kappa shape index (κ2) is 39.5. The summed E-state index contributed by atoms with van der Waals surface area (Å²) in [4.78, 5) is 197. The lowest BCUT2D eigenvalue weighted by Crippen LogP contribution is -2.58. The van der Waals surface area contributed by atoms with Crippen molar-refractivity contribution in [2.24, 2.45) is 5.73 Å². The number of esters is 1. The summed E-state index contributed by atoms with van der Waals surface area (Å²) in [7, 11) is 1.93. The van der Waals surface area contributed by atoms with Gasteiger partial charge in [0.15, 0.2) is 0 Å². The molecule has 3 aromatic carbocycles. The number of nitrogens with one attached hydrogen (secondary N) is 8. The van der Waals surface area contributed by atoms with Crippen LogP contribution in [0.4, 0.5) is 9.59 Å². The molecule has 2 aliphatic rings. The number of hydrogen-bond donors (Lipinski definition) is 14. The molecule has 36 heteroatoms. The average molecular weight is 1500 g/mol. The number of fused-ring (bicyclic) bond motifs is 5. The summed E-state index contributed by atoms with van der Waals surface area (Å²) in [6.07, 6.45) is -2.44. The standard InChI is InChI=1S/C69H81N11O23S2/c1-2-69(43-32-52-57-41(31-40-19-12-13-20-45(40)74-57)35-80(52)62(91)42(43)36-102-66(69)98)103-68(100)101-27-28-104-105-37-51(65(96)97)77-61(90)50(33-56(85)86)75-58(87)44(70)34-72-59(88)48(29-38-15-7-5-8-16-38)76-60(89)49(30-39-17-9-6-10-18-39)73-54(82)21-11-3-4-14-26-71-53(81)24-22-46(63(92)93)78-67(99)79-47(64(94)95)23-25-55(83)84/h5-10,12-13,15-20,31-32,44,46-51H,2-4,11,14,21-30,33-37,70H2,1H3,(H,71,81)(H,72,88)(H,73,82)(H,75,87)(H,76,89)(H,77,90)(H,83,84)(H,85,86)(H,92,93)(H,94,95)(H,96,97)(H2,78,79,99)/t44-,46-,47-,48-,49-,50-,51-,69+/m0/s1. The maximum absolute atomic E-state index is 14.2. The van der Waals surface area contributed by atoms with Crippen molar-refractivity contribution in [3.8, 4) is 11.4 Å².